The lowest BCUT2D eigenvalue weighted by Crippen LogP contribution is -2.25. The Hall–Kier alpha value is -4.73. The highest BCUT2D eigenvalue weighted by Gasteiger charge is 2.33. The first-order valence-electron chi connectivity index (χ1n) is 19.0. The SMILES string of the molecule is C1=CC2Sc3ccccc3C2C=C1C1C=CC(N(C2=CCC(c3ccccc3)CC2)c2ccc(-c3ccc4oc5c(c4c3)CCCC5)cc2)=CC1. The fourth-order valence-corrected chi connectivity index (χ4v) is 10.4. The molecule has 0 saturated heterocycles. The van der Waals surface area contributed by atoms with Crippen LogP contribution >= 0.6 is 11.8 Å². The molecule has 252 valence electrons. The highest BCUT2D eigenvalue weighted by molar-refractivity contribution is 8.00. The number of anilines is 1. The number of furan rings is 1. The predicted molar refractivity (Wildman–Crippen MR) is 213 cm³/mol. The quantitative estimate of drug-likeness (QED) is 0.177. The monoisotopic (exact) mass is 681 g/mol. The van der Waals surface area contributed by atoms with E-state index in [9.17, 15) is 0 Å². The number of thioether (sulfide) groups is 1. The molecule has 4 aromatic carbocycles. The first-order chi connectivity index (χ1) is 25.2. The van der Waals surface area contributed by atoms with Gasteiger partial charge in [-0.3, -0.25) is 0 Å². The van der Waals surface area contributed by atoms with Crippen molar-refractivity contribution in [1.82, 2.24) is 0 Å². The van der Waals surface area contributed by atoms with E-state index in [0.717, 1.165) is 37.7 Å². The minimum absolute atomic E-state index is 0.402. The standard InChI is InChI=1S/C48H43NOS/c1-2-8-32(9-3-1)33-14-22-38(23-15-33)49(39-24-16-34(17-25-39)36-20-28-46-43(30-36)41-10-4-6-12-45(41)50-46)40-26-18-35(19-27-40)37-21-29-48-44(31-37)42-11-5-7-13-47(42)51-48/h1-3,5,7-9,11,13,16-18,20-22,24-31,33,35,44,48H,4,6,10,12,14-15,19,23H2. The van der Waals surface area contributed by atoms with Crippen LogP contribution in [-0.4, -0.2) is 5.25 Å². The molecule has 1 aromatic heterocycles. The summed E-state index contributed by atoms with van der Waals surface area (Å²) in [6, 6.07) is 36.1. The van der Waals surface area contributed by atoms with Gasteiger partial charge in [0.2, 0.25) is 0 Å². The summed E-state index contributed by atoms with van der Waals surface area (Å²) >= 11 is 2.01. The van der Waals surface area contributed by atoms with Crippen molar-refractivity contribution in [2.45, 2.75) is 73.3 Å². The highest BCUT2D eigenvalue weighted by atomic mass is 32.2. The first kappa shape index (κ1) is 31.0. The van der Waals surface area contributed by atoms with Crippen LogP contribution in [0.4, 0.5) is 5.69 Å². The third-order valence-corrected chi connectivity index (χ3v) is 13.2. The highest BCUT2D eigenvalue weighted by Crippen LogP contribution is 2.50. The van der Waals surface area contributed by atoms with E-state index in [4.69, 9.17) is 4.42 Å². The third-order valence-electron chi connectivity index (χ3n) is 11.9. The van der Waals surface area contributed by atoms with Crippen LogP contribution in [0.5, 0.6) is 0 Å². The minimum atomic E-state index is 0.402. The van der Waals surface area contributed by atoms with Crippen LogP contribution < -0.4 is 4.90 Å². The van der Waals surface area contributed by atoms with Gasteiger partial charge in [0, 0.05) is 56.4 Å². The Bertz CT molecular complexity index is 2270. The largest absolute Gasteiger partial charge is 0.461 e. The molecule has 2 heterocycles. The Morgan fingerprint density at radius 3 is 2.41 bits per heavy atom. The molecular formula is C48H43NOS. The van der Waals surface area contributed by atoms with Crippen LogP contribution in [0.1, 0.15) is 72.8 Å². The van der Waals surface area contributed by atoms with Crippen LogP contribution in [-0.2, 0) is 12.8 Å². The number of hydrogen-bond donors (Lipinski definition) is 0. The summed E-state index contributed by atoms with van der Waals surface area (Å²) in [5.41, 5.74) is 13.3. The Morgan fingerprint density at radius 2 is 1.57 bits per heavy atom. The molecule has 0 saturated carbocycles. The lowest BCUT2D eigenvalue weighted by molar-refractivity contribution is 0.506. The van der Waals surface area contributed by atoms with Crippen LogP contribution in [0.25, 0.3) is 22.1 Å². The van der Waals surface area contributed by atoms with Gasteiger partial charge in [0.05, 0.1) is 0 Å². The lowest BCUT2D eigenvalue weighted by Gasteiger charge is -2.34. The Balaban J connectivity index is 0.942. The van der Waals surface area contributed by atoms with Gasteiger partial charge < -0.3 is 9.32 Å². The number of allylic oxidation sites excluding steroid dienone is 8. The number of hydrogen-bond acceptors (Lipinski definition) is 3. The maximum atomic E-state index is 6.25. The summed E-state index contributed by atoms with van der Waals surface area (Å²) in [5.74, 6) is 2.66. The number of nitrogens with zero attached hydrogens (tertiary/aromatic N) is 1. The van der Waals surface area contributed by atoms with Crippen LogP contribution in [0.15, 0.2) is 166 Å². The molecule has 10 rings (SSSR count). The maximum absolute atomic E-state index is 6.25. The summed E-state index contributed by atoms with van der Waals surface area (Å²) < 4.78 is 6.25. The third kappa shape index (κ3) is 5.76. The summed E-state index contributed by atoms with van der Waals surface area (Å²) in [7, 11) is 0. The zero-order valence-electron chi connectivity index (χ0n) is 29.0. The van der Waals surface area contributed by atoms with Crippen LogP contribution in [0.2, 0.25) is 0 Å². The van der Waals surface area contributed by atoms with Gasteiger partial charge >= 0.3 is 0 Å². The fraction of sp³-hybridized carbons (Fsp3) is 0.250. The van der Waals surface area contributed by atoms with Crippen molar-refractivity contribution in [2.24, 2.45) is 5.92 Å². The van der Waals surface area contributed by atoms with Gasteiger partial charge in [-0.15, -0.1) is 11.8 Å². The van der Waals surface area contributed by atoms with Crippen molar-refractivity contribution >= 4 is 28.4 Å². The Kier molecular flexibility index (Phi) is 7.98. The van der Waals surface area contributed by atoms with Gasteiger partial charge in [0.25, 0.3) is 0 Å². The van der Waals surface area contributed by atoms with E-state index in [1.807, 2.05) is 11.8 Å². The second-order valence-corrected chi connectivity index (χ2v) is 16.1. The molecule has 0 fully saturated rings. The van der Waals surface area contributed by atoms with Crippen molar-refractivity contribution in [2.75, 3.05) is 4.90 Å². The summed E-state index contributed by atoms with van der Waals surface area (Å²) in [6.07, 6.45) is 26.2. The second-order valence-electron chi connectivity index (χ2n) is 14.9. The second kappa shape index (κ2) is 13.1. The molecule has 4 unspecified atom stereocenters. The van der Waals surface area contributed by atoms with Crippen molar-refractivity contribution in [1.29, 1.82) is 0 Å². The summed E-state index contributed by atoms with van der Waals surface area (Å²) in [6.45, 7) is 0. The maximum Gasteiger partial charge on any atom is 0.134 e. The van der Waals surface area contributed by atoms with Gasteiger partial charge in [-0.1, -0.05) is 103 Å². The molecule has 0 radical (unpaired) electrons. The molecule has 0 amide bonds. The number of fused-ring (bicyclic) bond motifs is 6. The zero-order valence-corrected chi connectivity index (χ0v) is 29.8. The van der Waals surface area contributed by atoms with E-state index in [-0.39, 0.29) is 0 Å². The molecule has 2 nitrogen and oxygen atoms in total. The Morgan fingerprint density at radius 1 is 0.725 bits per heavy atom. The minimum Gasteiger partial charge on any atom is -0.461 e. The number of aryl methyl sites for hydroxylation is 2. The van der Waals surface area contributed by atoms with E-state index in [1.54, 1.807) is 0 Å². The topological polar surface area (TPSA) is 16.4 Å². The molecule has 51 heavy (non-hydrogen) atoms. The Labute approximate surface area is 306 Å². The van der Waals surface area contributed by atoms with E-state index in [0.29, 0.717) is 23.0 Å². The van der Waals surface area contributed by atoms with Crippen molar-refractivity contribution in [3.05, 3.63) is 179 Å². The van der Waals surface area contributed by atoms with Crippen molar-refractivity contribution in [3.63, 3.8) is 0 Å². The van der Waals surface area contributed by atoms with Gasteiger partial charge in [-0.25, -0.2) is 0 Å². The molecule has 0 bridgehead atoms. The lowest BCUT2D eigenvalue weighted by atomic mass is 9.82. The van der Waals surface area contributed by atoms with E-state index in [1.165, 1.54) is 85.8 Å². The van der Waals surface area contributed by atoms with E-state index >= 15 is 0 Å². The first-order valence-corrected chi connectivity index (χ1v) is 19.9. The molecule has 4 atom stereocenters. The molecular weight excluding hydrogens is 639 g/mol. The zero-order chi connectivity index (χ0) is 33.7. The molecule has 3 heteroatoms. The molecule has 4 aliphatic carbocycles. The predicted octanol–water partition coefficient (Wildman–Crippen LogP) is 12.9. The van der Waals surface area contributed by atoms with Crippen LogP contribution in [0.3, 0.4) is 0 Å². The summed E-state index contributed by atoms with van der Waals surface area (Å²) in [5, 5.41) is 1.82. The van der Waals surface area contributed by atoms with Gasteiger partial charge in [-0.2, -0.15) is 0 Å². The average Bonchev–Trinajstić information content (AvgIpc) is 3.77. The molecule has 0 spiro atoms. The molecule has 5 aromatic rings. The van der Waals surface area contributed by atoms with Crippen LogP contribution in [0, 0.1) is 5.92 Å². The number of rotatable bonds is 6. The average molecular weight is 682 g/mol. The summed E-state index contributed by atoms with van der Waals surface area (Å²) in [4.78, 5) is 3.98. The van der Waals surface area contributed by atoms with E-state index < -0.39 is 0 Å². The molecule has 1 aliphatic heterocycles. The molecule has 5 aliphatic rings. The van der Waals surface area contributed by atoms with Gasteiger partial charge in [0.1, 0.15) is 11.3 Å². The number of benzene rings is 4. The van der Waals surface area contributed by atoms with E-state index in [2.05, 4.69) is 144 Å². The van der Waals surface area contributed by atoms with Crippen molar-refractivity contribution in [3.8, 4) is 11.1 Å². The molecule has 0 N–H and O–H groups in total. The fourth-order valence-electron chi connectivity index (χ4n) is 9.12. The van der Waals surface area contributed by atoms with Gasteiger partial charge in [-0.05, 0) is 115 Å². The smallest absolute Gasteiger partial charge is 0.134 e. The van der Waals surface area contributed by atoms with Crippen molar-refractivity contribution < 1.29 is 4.42 Å². The normalized spacial score (nSPS) is 23.6. The van der Waals surface area contributed by atoms with Gasteiger partial charge in [0.15, 0.2) is 0 Å².